The van der Waals surface area contributed by atoms with Gasteiger partial charge in [0.1, 0.15) is 0 Å². The summed E-state index contributed by atoms with van der Waals surface area (Å²) in [6.45, 7) is 3.99. The van der Waals surface area contributed by atoms with Gasteiger partial charge in [0.05, 0.1) is 12.1 Å². The molecule has 4 aromatic rings. The summed E-state index contributed by atoms with van der Waals surface area (Å²) in [6, 6.07) is 19.0. The van der Waals surface area contributed by atoms with Gasteiger partial charge >= 0.3 is 0 Å². The van der Waals surface area contributed by atoms with Crippen molar-refractivity contribution in [1.29, 1.82) is 0 Å². The second-order valence-electron chi connectivity index (χ2n) is 9.06. The number of rotatable bonds is 8. The number of para-hydroxylation sites is 1. The fraction of sp³-hybridized carbons (Fsp3) is 0.385. The molecule has 0 radical (unpaired) electrons. The lowest BCUT2D eigenvalue weighted by Crippen LogP contribution is -2.35. The maximum absolute atomic E-state index is 12.9. The molecule has 5 rings (SSSR count). The molecule has 0 atom stereocenters. The lowest BCUT2D eigenvalue weighted by atomic mass is 10.1. The molecule has 33 heavy (non-hydrogen) atoms. The van der Waals surface area contributed by atoms with Crippen molar-refractivity contribution in [3.8, 4) is 0 Å². The number of H-pyrrole nitrogens is 1. The summed E-state index contributed by atoms with van der Waals surface area (Å²) in [5.41, 5.74) is 4.06. The molecular weight excluding hydrogens is 412 g/mol. The molecule has 7 heteroatoms. The van der Waals surface area contributed by atoms with E-state index in [9.17, 15) is 4.79 Å². The highest BCUT2D eigenvalue weighted by atomic mass is 16.1. The zero-order chi connectivity index (χ0) is 22.6. The van der Waals surface area contributed by atoms with Gasteiger partial charge in [0.15, 0.2) is 5.82 Å². The molecular formula is C26H30N6O. The van der Waals surface area contributed by atoms with Crippen LogP contribution in [0.25, 0.3) is 10.9 Å². The minimum atomic E-state index is -0.0107. The van der Waals surface area contributed by atoms with E-state index in [1.165, 1.54) is 18.4 Å². The number of aryl methyl sites for hydroxylation is 3. The molecule has 1 N–H and O–H groups in total. The molecule has 0 aliphatic heterocycles. The van der Waals surface area contributed by atoms with Crippen LogP contribution in [-0.2, 0) is 26.1 Å². The van der Waals surface area contributed by atoms with Crippen molar-refractivity contribution in [3.05, 3.63) is 87.5 Å². The molecule has 170 valence electrons. The standard InChI is InChI=1S/C26H30N6O/c1-19-8-7-11-21-16-22(26(33)27-25(19)21)17-31(23-12-5-6-13-23)18-24-28-29-30-32(24)15-14-20-9-3-2-4-10-20/h2-4,7-11,16,23H,5-6,12-15,17-18H2,1H3,(H,27,33). The SMILES string of the molecule is Cc1cccc2cc(CN(Cc3nnnn3CCc3ccccc3)C3CCCC3)c(=O)[nH]c12. The highest BCUT2D eigenvalue weighted by molar-refractivity contribution is 5.81. The van der Waals surface area contributed by atoms with Crippen LogP contribution in [0.15, 0.2) is 59.4 Å². The van der Waals surface area contributed by atoms with Gasteiger partial charge in [-0.15, -0.1) is 5.10 Å². The fourth-order valence-electron chi connectivity index (χ4n) is 4.92. The predicted octanol–water partition coefficient (Wildman–Crippen LogP) is 4.01. The van der Waals surface area contributed by atoms with Crippen molar-refractivity contribution in [1.82, 2.24) is 30.1 Å². The van der Waals surface area contributed by atoms with Gasteiger partial charge in [-0.05, 0) is 59.2 Å². The van der Waals surface area contributed by atoms with E-state index in [0.29, 0.717) is 19.1 Å². The van der Waals surface area contributed by atoms with Crippen LogP contribution < -0.4 is 5.56 Å². The summed E-state index contributed by atoms with van der Waals surface area (Å²) >= 11 is 0. The third-order valence-corrected chi connectivity index (χ3v) is 6.79. The van der Waals surface area contributed by atoms with Gasteiger partial charge in [-0.2, -0.15) is 0 Å². The average molecular weight is 443 g/mol. The Morgan fingerprint density at radius 2 is 1.88 bits per heavy atom. The van der Waals surface area contributed by atoms with Gasteiger partial charge in [0.25, 0.3) is 5.56 Å². The molecule has 1 saturated carbocycles. The van der Waals surface area contributed by atoms with E-state index in [0.717, 1.165) is 53.7 Å². The second kappa shape index (κ2) is 9.67. The fourth-order valence-corrected chi connectivity index (χ4v) is 4.92. The van der Waals surface area contributed by atoms with Crippen molar-refractivity contribution in [2.45, 2.75) is 64.7 Å². The van der Waals surface area contributed by atoms with E-state index in [1.807, 2.05) is 35.9 Å². The Morgan fingerprint density at radius 1 is 1.06 bits per heavy atom. The van der Waals surface area contributed by atoms with Gasteiger partial charge in [-0.3, -0.25) is 9.69 Å². The Hall–Kier alpha value is -3.32. The number of tetrazole rings is 1. The van der Waals surface area contributed by atoms with E-state index in [2.05, 4.69) is 55.7 Å². The van der Waals surface area contributed by atoms with Crippen LogP contribution in [0.5, 0.6) is 0 Å². The highest BCUT2D eigenvalue weighted by Crippen LogP contribution is 2.26. The van der Waals surface area contributed by atoms with Crippen molar-refractivity contribution >= 4 is 10.9 Å². The summed E-state index contributed by atoms with van der Waals surface area (Å²) < 4.78 is 1.91. The summed E-state index contributed by atoms with van der Waals surface area (Å²) in [5.74, 6) is 0.853. The first kappa shape index (κ1) is 21.5. The van der Waals surface area contributed by atoms with Crippen LogP contribution in [0.1, 0.15) is 48.2 Å². The lowest BCUT2D eigenvalue weighted by molar-refractivity contribution is 0.172. The number of aromatic nitrogens is 5. The molecule has 1 fully saturated rings. The summed E-state index contributed by atoms with van der Waals surface area (Å²) in [5, 5.41) is 13.6. The minimum Gasteiger partial charge on any atom is -0.321 e. The van der Waals surface area contributed by atoms with E-state index >= 15 is 0 Å². The second-order valence-corrected chi connectivity index (χ2v) is 9.06. The Kier molecular flexibility index (Phi) is 6.30. The van der Waals surface area contributed by atoms with E-state index in [-0.39, 0.29) is 5.56 Å². The number of nitrogens with one attached hydrogen (secondary N) is 1. The predicted molar refractivity (Wildman–Crippen MR) is 129 cm³/mol. The Labute approximate surface area is 193 Å². The molecule has 1 aliphatic rings. The quantitative estimate of drug-likeness (QED) is 0.446. The topological polar surface area (TPSA) is 79.7 Å². The maximum Gasteiger partial charge on any atom is 0.252 e. The van der Waals surface area contributed by atoms with Crippen molar-refractivity contribution in [2.75, 3.05) is 0 Å². The van der Waals surface area contributed by atoms with Gasteiger partial charge in [-0.25, -0.2) is 4.68 Å². The van der Waals surface area contributed by atoms with Crippen LogP contribution in [0.4, 0.5) is 0 Å². The van der Waals surface area contributed by atoms with Crippen LogP contribution in [0.2, 0.25) is 0 Å². The minimum absolute atomic E-state index is 0.0107. The molecule has 2 heterocycles. The largest absolute Gasteiger partial charge is 0.321 e. The van der Waals surface area contributed by atoms with Crippen LogP contribution in [0, 0.1) is 6.92 Å². The molecule has 7 nitrogen and oxygen atoms in total. The third kappa shape index (κ3) is 4.88. The maximum atomic E-state index is 12.9. The molecule has 2 aromatic heterocycles. The molecule has 0 saturated heterocycles. The van der Waals surface area contributed by atoms with Gasteiger partial charge < -0.3 is 4.98 Å². The first-order valence-corrected chi connectivity index (χ1v) is 11.8. The number of benzene rings is 2. The summed E-state index contributed by atoms with van der Waals surface area (Å²) in [7, 11) is 0. The van der Waals surface area contributed by atoms with Gasteiger partial charge in [0.2, 0.25) is 0 Å². The zero-order valence-electron chi connectivity index (χ0n) is 19.1. The van der Waals surface area contributed by atoms with E-state index < -0.39 is 0 Å². The molecule has 1 aliphatic carbocycles. The number of pyridine rings is 1. The molecule has 2 aromatic carbocycles. The van der Waals surface area contributed by atoms with Crippen LogP contribution >= 0.6 is 0 Å². The first-order valence-electron chi connectivity index (χ1n) is 11.8. The normalized spacial score (nSPS) is 14.5. The summed E-state index contributed by atoms with van der Waals surface area (Å²) in [6.07, 6.45) is 5.64. The number of nitrogens with zero attached hydrogens (tertiary/aromatic N) is 5. The zero-order valence-corrected chi connectivity index (χ0v) is 19.1. The smallest absolute Gasteiger partial charge is 0.252 e. The van der Waals surface area contributed by atoms with Crippen molar-refractivity contribution in [2.24, 2.45) is 0 Å². The van der Waals surface area contributed by atoms with E-state index in [1.54, 1.807) is 0 Å². The third-order valence-electron chi connectivity index (χ3n) is 6.79. The highest BCUT2D eigenvalue weighted by Gasteiger charge is 2.25. The Bertz CT molecular complexity index is 1270. The number of fused-ring (bicyclic) bond motifs is 1. The van der Waals surface area contributed by atoms with E-state index in [4.69, 9.17) is 0 Å². The molecule has 0 amide bonds. The van der Waals surface area contributed by atoms with Gasteiger partial charge in [0, 0.05) is 24.7 Å². The Balaban J connectivity index is 1.38. The van der Waals surface area contributed by atoms with Crippen LogP contribution in [0.3, 0.4) is 0 Å². The summed E-state index contributed by atoms with van der Waals surface area (Å²) in [4.78, 5) is 18.4. The van der Waals surface area contributed by atoms with Gasteiger partial charge in [-0.1, -0.05) is 61.4 Å². The monoisotopic (exact) mass is 442 g/mol. The average Bonchev–Trinajstić information content (AvgIpc) is 3.51. The lowest BCUT2D eigenvalue weighted by Gasteiger charge is -2.28. The van der Waals surface area contributed by atoms with Crippen molar-refractivity contribution in [3.63, 3.8) is 0 Å². The molecule has 0 unspecified atom stereocenters. The van der Waals surface area contributed by atoms with Crippen LogP contribution in [-0.4, -0.2) is 36.1 Å². The molecule has 0 bridgehead atoms. The molecule has 0 spiro atoms. The first-order chi connectivity index (χ1) is 16.2. The number of aromatic amines is 1. The Morgan fingerprint density at radius 3 is 2.70 bits per heavy atom. The number of hydrogen-bond donors (Lipinski definition) is 1. The number of hydrogen-bond acceptors (Lipinski definition) is 5. The van der Waals surface area contributed by atoms with Crippen molar-refractivity contribution < 1.29 is 0 Å².